The third-order valence-corrected chi connectivity index (χ3v) is 4.55. The first-order valence-electron chi connectivity index (χ1n) is 7.04. The zero-order valence-electron chi connectivity index (χ0n) is 10.8. The van der Waals surface area contributed by atoms with Crippen LogP contribution in [0.15, 0.2) is 40.4 Å². The summed E-state index contributed by atoms with van der Waals surface area (Å²) >= 11 is 0. The minimum Gasteiger partial charge on any atom is -0.456 e. The van der Waals surface area contributed by atoms with Crippen molar-refractivity contribution in [3.63, 3.8) is 0 Å². The number of nitrogens with one attached hydrogen (secondary N) is 1. The molecule has 3 aliphatic heterocycles. The van der Waals surface area contributed by atoms with Gasteiger partial charge in [-0.25, -0.2) is 0 Å². The number of aliphatic hydroxyl groups excluding tert-OH is 1. The summed E-state index contributed by atoms with van der Waals surface area (Å²) in [6.45, 7) is 2.29. The van der Waals surface area contributed by atoms with Crippen LogP contribution in [0.2, 0.25) is 0 Å². The Hall–Kier alpha value is -1.58. The normalized spacial score (nSPS) is 32.3. The number of quaternary nitrogens is 1. The van der Waals surface area contributed by atoms with Crippen LogP contribution in [0.1, 0.15) is 18.6 Å². The Bertz CT molecular complexity index is 598. The fourth-order valence-electron chi connectivity index (χ4n) is 3.47. The molecular formula is C16H18NO2+. The van der Waals surface area contributed by atoms with E-state index in [1.807, 2.05) is 24.3 Å². The maximum atomic E-state index is 10.4. The van der Waals surface area contributed by atoms with Crippen molar-refractivity contribution in [3.05, 3.63) is 41.8 Å². The van der Waals surface area contributed by atoms with Crippen LogP contribution in [0, 0.1) is 5.92 Å². The van der Waals surface area contributed by atoms with E-state index in [4.69, 9.17) is 4.42 Å². The minimum absolute atomic E-state index is 0.286. The van der Waals surface area contributed by atoms with Gasteiger partial charge in [-0.3, -0.25) is 0 Å². The number of rotatable bonds is 1. The summed E-state index contributed by atoms with van der Waals surface area (Å²) < 4.78 is 5.83. The molecule has 19 heavy (non-hydrogen) atoms. The van der Waals surface area contributed by atoms with Crippen LogP contribution >= 0.6 is 0 Å². The van der Waals surface area contributed by atoms with Crippen LogP contribution in [0.25, 0.3) is 17.0 Å². The van der Waals surface area contributed by atoms with Gasteiger partial charge in [-0.05, 0) is 12.1 Å². The fraction of sp³-hybridized carbons (Fsp3) is 0.375. The Morgan fingerprint density at radius 2 is 2.00 bits per heavy atom. The van der Waals surface area contributed by atoms with Gasteiger partial charge in [0.15, 0.2) is 0 Å². The number of hydrogen-bond donors (Lipinski definition) is 2. The largest absolute Gasteiger partial charge is 0.456 e. The topological polar surface area (TPSA) is 37.8 Å². The first-order chi connectivity index (χ1) is 9.31. The van der Waals surface area contributed by atoms with Gasteiger partial charge in [0.1, 0.15) is 23.1 Å². The lowest BCUT2D eigenvalue weighted by Gasteiger charge is -2.40. The summed E-state index contributed by atoms with van der Waals surface area (Å²) in [4.78, 5) is 1.43. The molecule has 0 amide bonds. The SMILES string of the molecule is O[C@H]1/C(=C/c2cc3ccccc3o2)[NH+]2CCC1CC2. The number of fused-ring (bicyclic) bond motifs is 4. The molecule has 0 spiro atoms. The molecule has 3 aliphatic rings. The number of piperidine rings is 3. The summed E-state index contributed by atoms with van der Waals surface area (Å²) in [5.41, 5.74) is 2.02. The molecule has 1 aromatic carbocycles. The summed E-state index contributed by atoms with van der Waals surface area (Å²) in [5, 5.41) is 11.5. The van der Waals surface area contributed by atoms with Crippen LogP contribution < -0.4 is 4.90 Å². The molecule has 0 aliphatic carbocycles. The van der Waals surface area contributed by atoms with Crippen molar-refractivity contribution in [2.45, 2.75) is 18.9 Å². The predicted molar refractivity (Wildman–Crippen MR) is 73.6 cm³/mol. The van der Waals surface area contributed by atoms with Crippen LogP contribution in [0.4, 0.5) is 0 Å². The van der Waals surface area contributed by atoms with Crippen molar-refractivity contribution < 1.29 is 14.4 Å². The third-order valence-electron chi connectivity index (χ3n) is 4.55. The molecule has 3 fully saturated rings. The van der Waals surface area contributed by atoms with Gasteiger partial charge >= 0.3 is 0 Å². The van der Waals surface area contributed by atoms with Crippen LogP contribution in [-0.4, -0.2) is 24.3 Å². The molecule has 2 N–H and O–H groups in total. The molecule has 5 rings (SSSR count). The van der Waals surface area contributed by atoms with Gasteiger partial charge in [-0.1, -0.05) is 18.2 Å². The molecule has 2 bridgehead atoms. The number of benzene rings is 1. The Morgan fingerprint density at radius 3 is 2.74 bits per heavy atom. The molecule has 1 atom stereocenters. The molecule has 0 saturated carbocycles. The highest BCUT2D eigenvalue weighted by molar-refractivity contribution is 5.79. The average molecular weight is 256 g/mol. The average Bonchev–Trinajstić information content (AvgIpc) is 2.85. The second-order valence-corrected chi connectivity index (χ2v) is 5.67. The van der Waals surface area contributed by atoms with E-state index in [-0.39, 0.29) is 6.10 Å². The van der Waals surface area contributed by atoms with Crippen molar-refractivity contribution in [1.82, 2.24) is 0 Å². The molecule has 1 aromatic heterocycles. The molecule has 4 heterocycles. The highest BCUT2D eigenvalue weighted by Crippen LogP contribution is 2.26. The lowest BCUT2D eigenvalue weighted by Crippen LogP contribution is -3.14. The van der Waals surface area contributed by atoms with Crippen molar-refractivity contribution in [2.24, 2.45) is 5.92 Å². The van der Waals surface area contributed by atoms with E-state index in [0.29, 0.717) is 5.92 Å². The third kappa shape index (κ3) is 1.81. The van der Waals surface area contributed by atoms with Crippen LogP contribution in [-0.2, 0) is 0 Å². The summed E-state index contributed by atoms with van der Waals surface area (Å²) in [7, 11) is 0. The molecule has 0 radical (unpaired) electrons. The highest BCUT2D eigenvalue weighted by atomic mass is 16.3. The maximum absolute atomic E-state index is 10.4. The quantitative estimate of drug-likeness (QED) is 0.810. The van der Waals surface area contributed by atoms with E-state index >= 15 is 0 Å². The Balaban J connectivity index is 1.74. The summed E-state index contributed by atoms with van der Waals surface area (Å²) in [6, 6.07) is 10.1. The second-order valence-electron chi connectivity index (χ2n) is 5.67. The van der Waals surface area contributed by atoms with E-state index < -0.39 is 0 Å². The van der Waals surface area contributed by atoms with Crippen molar-refractivity contribution >= 4 is 17.0 Å². The number of aliphatic hydroxyl groups is 1. The predicted octanol–water partition coefficient (Wildman–Crippen LogP) is 1.44. The standard InChI is InChI=1S/C16H17NO2/c18-16-11-5-7-17(8-6-11)14(16)10-13-9-12-3-1-2-4-15(12)19-13/h1-4,9-11,16,18H,5-8H2/p+1/b14-10-/t16-/m1/s1. The first-order valence-corrected chi connectivity index (χ1v) is 7.04. The van der Waals surface area contributed by atoms with Gasteiger partial charge in [-0.2, -0.15) is 0 Å². The molecule has 3 heteroatoms. The van der Waals surface area contributed by atoms with Gasteiger partial charge < -0.3 is 14.4 Å². The number of furan rings is 1. The minimum atomic E-state index is -0.286. The molecule has 98 valence electrons. The smallest absolute Gasteiger partial charge is 0.140 e. The first kappa shape index (κ1) is 11.3. The molecule has 0 unspecified atom stereocenters. The monoisotopic (exact) mass is 256 g/mol. The van der Waals surface area contributed by atoms with E-state index in [0.717, 1.165) is 48.4 Å². The van der Waals surface area contributed by atoms with Gasteiger partial charge in [0.25, 0.3) is 0 Å². The number of hydrogen-bond acceptors (Lipinski definition) is 2. The van der Waals surface area contributed by atoms with E-state index in [1.54, 1.807) is 0 Å². The van der Waals surface area contributed by atoms with Gasteiger partial charge in [0.2, 0.25) is 0 Å². The van der Waals surface area contributed by atoms with Crippen molar-refractivity contribution in [3.8, 4) is 0 Å². The Kier molecular flexibility index (Phi) is 2.50. The summed E-state index contributed by atoms with van der Waals surface area (Å²) in [6.07, 6.45) is 4.05. The molecule has 3 saturated heterocycles. The maximum Gasteiger partial charge on any atom is 0.140 e. The summed E-state index contributed by atoms with van der Waals surface area (Å²) in [5.74, 6) is 1.31. The highest BCUT2D eigenvalue weighted by Gasteiger charge is 2.41. The van der Waals surface area contributed by atoms with Crippen LogP contribution in [0.5, 0.6) is 0 Å². The zero-order valence-corrected chi connectivity index (χ0v) is 10.8. The zero-order chi connectivity index (χ0) is 12.8. The van der Waals surface area contributed by atoms with E-state index in [1.165, 1.54) is 4.90 Å². The van der Waals surface area contributed by atoms with Crippen LogP contribution in [0.3, 0.4) is 0 Å². The van der Waals surface area contributed by atoms with Gasteiger partial charge in [0, 0.05) is 30.2 Å². The fourth-order valence-corrected chi connectivity index (χ4v) is 3.47. The second kappa shape index (κ2) is 4.22. The molecule has 3 nitrogen and oxygen atoms in total. The molecule has 2 aromatic rings. The number of para-hydroxylation sites is 1. The lowest BCUT2D eigenvalue weighted by molar-refractivity contribution is -0.880. The van der Waals surface area contributed by atoms with Crippen molar-refractivity contribution in [2.75, 3.05) is 13.1 Å². The Labute approximate surface area is 112 Å². The lowest BCUT2D eigenvalue weighted by atomic mass is 9.83. The van der Waals surface area contributed by atoms with Gasteiger partial charge in [0.05, 0.1) is 13.1 Å². The van der Waals surface area contributed by atoms with Crippen molar-refractivity contribution in [1.29, 1.82) is 0 Å². The van der Waals surface area contributed by atoms with E-state index in [9.17, 15) is 5.11 Å². The van der Waals surface area contributed by atoms with Gasteiger partial charge in [-0.15, -0.1) is 0 Å². The molecular weight excluding hydrogens is 238 g/mol. The Morgan fingerprint density at radius 1 is 1.21 bits per heavy atom. The van der Waals surface area contributed by atoms with E-state index in [2.05, 4.69) is 12.1 Å².